The van der Waals surface area contributed by atoms with Gasteiger partial charge in [0, 0.05) is 19.2 Å². The number of rotatable bonds is 8. The molecule has 2 amide bonds. The summed E-state index contributed by atoms with van der Waals surface area (Å²) < 4.78 is 1.91. The summed E-state index contributed by atoms with van der Waals surface area (Å²) in [5, 5.41) is 0. The maximum atomic E-state index is 12.8. The van der Waals surface area contributed by atoms with Crippen molar-refractivity contribution in [2.75, 3.05) is 6.54 Å². The predicted molar refractivity (Wildman–Crippen MR) is 90.0 cm³/mol. The number of amides is 2. The minimum atomic E-state index is -0.401. The van der Waals surface area contributed by atoms with E-state index in [1.165, 1.54) is 4.90 Å². The van der Waals surface area contributed by atoms with Crippen LogP contribution < -0.4 is 0 Å². The average Bonchev–Trinajstić information content (AvgIpc) is 3.04. The van der Waals surface area contributed by atoms with Crippen LogP contribution in [0.25, 0.3) is 0 Å². The van der Waals surface area contributed by atoms with Gasteiger partial charge >= 0.3 is 0 Å². The summed E-state index contributed by atoms with van der Waals surface area (Å²) in [4.78, 5) is 31.1. The van der Waals surface area contributed by atoms with Crippen molar-refractivity contribution in [3.05, 3.63) is 17.7 Å². The fourth-order valence-electron chi connectivity index (χ4n) is 3.35. The lowest BCUT2D eigenvalue weighted by atomic mass is 9.99. The lowest BCUT2D eigenvalue weighted by molar-refractivity contribution is -0.140. The van der Waals surface area contributed by atoms with Crippen molar-refractivity contribution in [3.8, 4) is 0 Å². The van der Waals surface area contributed by atoms with Crippen molar-refractivity contribution in [3.63, 3.8) is 0 Å². The topological polar surface area (TPSA) is 55.2 Å². The third-order valence-electron chi connectivity index (χ3n) is 4.79. The van der Waals surface area contributed by atoms with Crippen molar-refractivity contribution in [2.45, 2.75) is 72.3 Å². The van der Waals surface area contributed by atoms with Crippen LogP contribution in [0, 0.1) is 12.8 Å². The fourth-order valence-corrected chi connectivity index (χ4v) is 3.35. The summed E-state index contributed by atoms with van der Waals surface area (Å²) >= 11 is 0. The van der Waals surface area contributed by atoms with Crippen molar-refractivity contribution in [1.29, 1.82) is 0 Å². The molecule has 1 fully saturated rings. The zero-order valence-electron chi connectivity index (χ0n) is 14.8. The molecule has 1 aromatic heterocycles. The van der Waals surface area contributed by atoms with E-state index in [-0.39, 0.29) is 18.2 Å². The van der Waals surface area contributed by atoms with E-state index < -0.39 is 6.04 Å². The summed E-state index contributed by atoms with van der Waals surface area (Å²) in [5.74, 6) is 1.20. The molecule has 2 atom stereocenters. The Balaban J connectivity index is 2.13. The molecule has 1 aliphatic heterocycles. The molecule has 0 bridgehead atoms. The van der Waals surface area contributed by atoms with Gasteiger partial charge in [-0.15, -0.1) is 0 Å². The van der Waals surface area contributed by atoms with E-state index in [1.807, 2.05) is 24.6 Å². The molecule has 1 saturated heterocycles. The maximum Gasteiger partial charge on any atom is 0.252 e. The van der Waals surface area contributed by atoms with E-state index in [0.29, 0.717) is 12.5 Å². The standard InChI is InChI=1S/C18H29N3O2/c1-5-8-9-14(6-2)12-21-17(22)10-15(18(21)23)20-11-13(4)19-16(20)7-3/h11,14-15H,5-10,12H2,1-4H3. The van der Waals surface area contributed by atoms with E-state index in [0.717, 1.165) is 43.6 Å². The largest absolute Gasteiger partial charge is 0.322 e. The van der Waals surface area contributed by atoms with Gasteiger partial charge in [-0.25, -0.2) is 4.98 Å². The van der Waals surface area contributed by atoms with Crippen molar-refractivity contribution >= 4 is 11.8 Å². The highest BCUT2D eigenvalue weighted by Gasteiger charge is 2.40. The second-order valence-electron chi connectivity index (χ2n) is 6.54. The number of imidazole rings is 1. The van der Waals surface area contributed by atoms with Gasteiger partial charge in [0.15, 0.2) is 0 Å². The van der Waals surface area contributed by atoms with Gasteiger partial charge in [-0.3, -0.25) is 14.5 Å². The molecular weight excluding hydrogens is 290 g/mol. The monoisotopic (exact) mass is 319 g/mol. The van der Waals surface area contributed by atoms with Gasteiger partial charge in [0.2, 0.25) is 5.91 Å². The summed E-state index contributed by atoms with van der Waals surface area (Å²) in [5.41, 5.74) is 0.898. The molecule has 23 heavy (non-hydrogen) atoms. The first-order valence-electron chi connectivity index (χ1n) is 8.90. The number of hydrogen-bond acceptors (Lipinski definition) is 3. The number of hydrogen-bond donors (Lipinski definition) is 0. The van der Waals surface area contributed by atoms with Gasteiger partial charge in [-0.1, -0.05) is 40.0 Å². The Morgan fingerprint density at radius 2 is 2.04 bits per heavy atom. The van der Waals surface area contributed by atoms with Gasteiger partial charge in [-0.05, 0) is 19.3 Å². The smallest absolute Gasteiger partial charge is 0.252 e. The number of carbonyl (C=O) groups excluding carboxylic acids is 2. The van der Waals surface area contributed by atoms with Crippen LogP contribution in [0.4, 0.5) is 0 Å². The molecule has 0 aromatic carbocycles. The Hall–Kier alpha value is -1.65. The highest BCUT2D eigenvalue weighted by molar-refractivity contribution is 6.04. The predicted octanol–water partition coefficient (Wildman–Crippen LogP) is 3.27. The Kier molecular flexibility index (Phi) is 5.97. The van der Waals surface area contributed by atoms with Crippen molar-refractivity contribution in [2.24, 2.45) is 5.92 Å². The zero-order chi connectivity index (χ0) is 17.0. The lowest BCUT2D eigenvalue weighted by Crippen LogP contribution is -2.35. The van der Waals surface area contributed by atoms with E-state index in [1.54, 1.807) is 0 Å². The van der Waals surface area contributed by atoms with Gasteiger partial charge in [-0.2, -0.15) is 0 Å². The number of nitrogens with zero attached hydrogens (tertiary/aromatic N) is 3. The minimum absolute atomic E-state index is 0.0386. The molecule has 0 N–H and O–H groups in total. The van der Waals surface area contributed by atoms with Crippen LogP contribution in [-0.4, -0.2) is 32.8 Å². The molecule has 2 rings (SSSR count). The summed E-state index contributed by atoms with van der Waals surface area (Å²) in [6, 6.07) is -0.401. The molecule has 0 spiro atoms. The van der Waals surface area contributed by atoms with Gasteiger partial charge < -0.3 is 4.57 Å². The van der Waals surface area contributed by atoms with E-state index in [2.05, 4.69) is 18.8 Å². The van der Waals surface area contributed by atoms with Gasteiger partial charge in [0.25, 0.3) is 5.91 Å². The molecule has 2 unspecified atom stereocenters. The number of aryl methyl sites for hydroxylation is 2. The average molecular weight is 319 g/mol. The first-order chi connectivity index (χ1) is 11.0. The third kappa shape index (κ3) is 3.82. The number of likely N-dealkylation sites (tertiary alicyclic amines) is 1. The SMILES string of the molecule is CCCCC(CC)CN1C(=O)CC(n2cc(C)nc2CC)C1=O. The lowest BCUT2D eigenvalue weighted by Gasteiger charge is -2.22. The first kappa shape index (κ1) is 17.7. The fraction of sp³-hybridized carbons (Fsp3) is 0.722. The third-order valence-corrected chi connectivity index (χ3v) is 4.79. The molecule has 0 radical (unpaired) electrons. The molecule has 0 saturated carbocycles. The van der Waals surface area contributed by atoms with Crippen LogP contribution >= 0.6 is 0 Å². The van der Waals surface area contributed by atoms with Crippen LogP contribution in [0.5, 0.6) is 0 Å². The molecular formula is C18H29N3O2. The van der Waals surface area contributed by atoms with Crippen LogP contribution in [-0.2, 0) is 16.0 Å². The Morgan fingerprint density at radius 3 is 2.65 bits per heavy atom. The summed E-state index contributed by atoms with van der Waals surface area (Å²) in [6.07, 6.45) is 7.32. The van der Waals surface area contributed by atoms with E-state index in [9.17, 15) is 9.59 Å². The normalized spacial score (nSPS) is 19.7. The number of unbranched alkanes of at least 4 members (excludes halogenated alkanes) is 1. The van der Waals surface area contributed by atoms with Crippen LogP contribution in [0.15, 0.2) is 6.20 Å². The minimum Gasteiger partial charge on any atom is -0.322 e. The Labute approximate surface area is 139 Å². The molecule has 5 nitrogen and oxygen atoms in total. The second kappa shape index (κ2) is 7.75. The molecule has 1 aromatic rings. The van der Waals surface area contributed by atoms with E-state index in [4.69, 9.17) is 0 Å². The Bertz CT molecular complexity index is 565. The van der Waals surface area contributed by atoms with Gasteiger partial charge in [0.1, 0.15) is 11.9 Å². The highest BCUT2D eigenvalue weighted by Crippen LogP contribution is 2.28. The number of aromatic nitrogens is 2. The highest BCUT2D eigenvalue weighted by atomic mass is 16.2. The van der Waals surface area contributed by atoms with Gasteiger partial charge in [0.05, 0.1) is 12.1 Å². The molecule has 5 heteroatoms. The quantitative estimate of drug-likeness (QED) is 0.691. The van der Waals surface area contributed by atoms with Crippen LogP contribution in [0.3, 0.4) is 0 Å². The van der Waals surface area contributed by atoms with E-state index >= 15 is 0 Å². The molecule has 0 aliphatic carbocycles. The molecule has 2 heterocycles. The summed E-state index contributed by atoms with van der Waals surface area (Å²) in [7, 11) is 0. The second-order valence-corrected chi connectivity index (χ2v) is 6.54. The zero-order valence-corrected chi connectivity index (χ0v) is 14.8. The number of carbonyl (C=O) groups is 2. The molecule has 1 aliphatic rings. The van der Waals surface area contributed by atoms with Crippen LogP contribution in [0.2, 0.25) is 0 Å². The summed E-state index contributed by atoms with van der Waals surface area (Å²) in [6.45, 7) is 8.82. The molecule has 128 valence electrons. The first-order valence-corrected chi connectivity index (χ1v) is 8.90. The number of imide groups is 1. The van der Waals surface area contributed by atoms with Crippen molar-refractivity contribution < 1.29 is 9.59 Å². The van der Waals surface area contributed by atoms with Crippen LogP contribution in [0.1, 0.15) is 70.4 Å². The Morgan fingerprint density at radius 1 is 1.30 bits per heavy atom. The van der Waals surface area contributed by atoms with Crippen molar-refractivity contribution in [1.82, 2.24) is 14.5 Å². The maximum absolute atomic E-state index is 12.8.